The maximum absolute atomic E-state index is 12.8. The summed E-state index contributed by atoms with van der Waals surface area (Å²) in [4.78, 5) is 17.4. The first-order valence-electron chi connectivity index (χ1n) is 8.84. The lowest BCUT2D eigenvalue weighted by Crippen LogP contribution is -2.35. The third-order valence-electron chi connectivity index (χ3n) is 4.62. The molecule has 0 aliphatic carbocycles. The van der Waals surface area contributed by atoms with Crippen molar-refractivity contribution in [2.45, 2.75) is 30.7 Å². The van der Waals surface area contributed by atoms with E-state index in [1.54, 1.807) is 28.7 Å². The van der Waals surface area contributed by atoms with Gasteiger partial charge in [0.1, 0.15) is 0 Å². The molecule has 1 saturated heterocycles. The summed E-state index contributed by atoms with van der Waals surface area (Å²) < 4.78 is 28.7. The Bertz CT molecular complexity index is 1110. The van der Waals surface area contributed by atoms with Crippen LogP contribution in [0.4, 0.5) is 5.69 Å². The molecule has 1 aliphatic rings. The molecule has 0 spiro atoms. The average Bonchev–Trinajstić information content (AvgIpc) is 3.17. The Hall–Kier alpha value is -2.23. The number of fused-ring (bicyclic) bond motifs is 1. The first-order chi connectivity index (χ1) is 13.0. The van der Waals surface area contributed by atoms with E-state index in [4.69, 9.17) is 0 Å². The molecule has 27 heavy (non-hydrogen) atoms. The van der Waals surface area contributed by atoms with Crippen molar-refractivity contribution in [3.63, 3.8) is 0 Å². The molecule has 7 nitrogen and oxygen atoms in total. The molecule has 2 aromatic heterocycles. The van der Waals surface area contributed by atoms with Crippen molar-refractivity contribution in [2.24, 2.45) is 0 Å². The van der Waals surface area contributed by atoms with Gasteiger partial charge in [-0.25, -0.2) is 13.4 Å². The minimum Gasteiger partial charge on any atom is -0.379 e. The maximum Gasteiger partial charge on any atom is 0.258 e. The average molecular weight is 405 g/mol. The molecule has 0 saturated carbocycles. The Morgan fingerprint density at radius 3 is 2.78 bits per heavy atom. The van der Waals surface area contributed by atoms with Gasteiger partial charge in [-0.15, -0.1) is 11.3 Å². The van der Waals surface area contributed by atoms with Gasteiger partial charge in [-0.3, -0.25) is 9.20 Å². The highest BCUT2D eigenvalue weighted by Gasteiger charge is 2.25. The van der Waals surface area contributed by atoms with Gasteiger partial charge in [-0.1, -0.05) is 12.5 Å². The van der Waals surface area contributed by atoms with E-state index in [9.17, 15) is 13.2 Å². The fourth-order valence-electron chi connectivity index (χ4n) is 3.19. The van der Waals surface area contributed by atoms with E-state index >= 15 is 0 Å². The molecule has 0 amide bonds. The van der Waals surface area contributed by atoms with Gasteiger partial charge in [0.2, 0.25) is 10.0 Å². The van der Waals surface area contributed by atoms with Crippen LogP contribution in [-0.2, 0) is 16.6 Å². The zero-order valence-corrected chi connectivity index (χ0v) is 16.3. The molecule has 1 aromatic carbocycles. The van der Waals surface area contributed by atoms with Gasteiger partial charge in [0.05, 0.1) is 17.1 Å². The molecule has 4 rings (SSSR count). The topological polar surface area (TPSA) is 83.8 Å². The Morgan fingerprint density at radius 2 is 1.96 bits per heavy atom. The molecular formula is C18H20N4O3S2. The highest BCUT2D eigenvalue weighted by molar-refractivity contribution is 7.89. The number of hydrogen-bond donors (Lipinski definition) is 1. The second-order valence-corrected chi connectivity index (χ2v) is 9.30. The highest BCUT2D eigenvalue weighted by atomic mass is 32.2. The number of anilines is 1. The van der Waals surface area contributed by atoms with Crippen LogP contribution in [0.1, 0.15) is 25.0 Å². The summed E-state index contributed by atoms with van der Waals surface area (Å²) in [6.07, 6.45) is 4.59. The van der Waals surface area contributed by atoms with E-state index in [1.165, 1.54) is 21.8 Å². The quantitative estimate of drug-likeness (QED) is 0.707. The summed E-state index contributed by atoms with van der Waals surface area (Å²) in [5.74, 6) is 0. The fourth-order valence-corrected chi connectivity index (χ4v) is 5.49. The number of piperidine rings is 1. The lowest BCUT2D eigenvalue weighted by Gasteiger charge is -2.26. The van der Waals surface area contributed by atoms with Crippen LogP contribution in [-0.4, -0.2) is 35.2 Å². The minimum atomic E-state index is -3.47. The Morgan fingerprint density at radius 1 is 1.15 bits per heavy atom. The molecule has 9 heteroatoms. The van der Waals surface area contributed by atoms with Crippen LogP contribution in [0.15, 0.2) is 51.6 Å². The van der Waals surface area contributed by atoms with Crippen molar-refractivity contribution in [3.05, 3.63) is 58.0 Å². The molecule has 3 heterocycles. The normalized spacial score (nSPS) is 15.9. The Kier molecular flexibility index (Phi) is 4.98. The summed E-state index contributed by atoms with van der Waals surface area (Å²) >= 11 is 1.40. The number of sulfonamides is 1. The number of benzene rings is 1. The van der Waals surface area contributed by atoms with Crippen LogP contribution in [0.25, 0.3) is 4.96 Å². The third kappa shape index (κ3) is 3.76. The minimum absolute atomic E-state index is 0.125. The zero-order valence-electron chi connectivity index (χ0n) is 14.7. The van der Waals surface area contributed by atoms with Crippen molar-refractivity contribution in [1.29, 1.82) is 0 Å². The van der Waals surface area contributed by atoms with Crippen LogP contribution >= 0.6 is 11.3 Å². The predicted molar refractivity (Wildman–Crippen MR) is 106 cm³/mol. The number of aromatic nitrogens is 2. The zero-order chi connectivity index (χ0) is 18.9. The van der Waals surface area contributed by atoms with E-state index in [2.05, 4.69) is 10.3 Å². The highest BCUT2D eigenvalue weighted by Crippen LogP contribution is 2.23. The number of rotatable bonds is 5. The van der Waals surface area contributed by atoms with Gasteiger partial charge in [-0.05, 0) is 31.0 Å². The van der Waals surface area contributed by atoms with Crippen LogP contribution in [0.5, 0.6) is 0 Å². The van der Waals surface area contributed by atoms with Gasteiger partial charge < -0.3 is 5.32 Å². The smallest absolute Gasteiger partial charge is 0.258 e. The van der Waals surface area contributed by atoms with Crippen LogP contribution in [0, 0.1) is 0 Å². The lowest BCUT2D eigenvalue weighted by molar-refractivity contribution is 0.346. The SMILES string of the molecule is O=c1cc(CNc2cccc(S(=O)(=O)N3CCCCC3)c2)nc2sccn12. The molecule has 0 atom stereocenters. The summed E-state index contributed by atoms with van der Waals surface area (Å²) in [6.45, 7) is 1.50. The van der Waals surface area contributed by atoms with E-state index < -0.39 is 10.0 Å². The van der Waals surface area contributed by atoms with Crippen molar-refractivity contribution in [3.8, 4) is 0 Å². The maximum atomic E-state index is 12.8. The first kappa shape index (κ1) is 18.1. The van der Waals surface area contributed by atoms with Crippen molar-refractivity contribution in [1.82, 2.24) is 13.7 Å². The Balaban J connectivity index is 1.53. The molecule has 1 N–H and O–H groups in total. The monoisotopic (exact) mass is 404 g/mol. The van der Waals surface area contributed by atoms with Crippen LogP contribution < -0.4 is 10.9 Å². The number of nitrogens with zero attached hydrogens (tertiary/aromatic N) is 3. The van der Waals surface area contributed by atoms with Gasteiger partial charge in [0.25, 0.3) is 5.56 Å². The summed E-state index contributed by atoms with van der Waals surface area (Å²) in [7, 11) is -3.47. The van der Waals surface area contributed by atoms with E-state index in [0.29, 0.717) is 36.0 Å². The second kappa shape index (κ2) is 7.41. The van der Waals surface area contributed by atoms with Crippen LogP contribution in [0.2, 0.25) is 0 Å². The van der Waals surface area contributed by atoms with Crippen LogP contribution in [0.3, 0.4) is 0 Å². The van der Waals surface area contributed by atoms with Gasteiger partial charge in [0, 0.05) is 36.4 Å². The van der Waals surface area contributed by atoms with Crippen molar-refractivity contribution < 1.29 is 8.42 Å². The second-order valence-electron chi connectivity index (χ2n) is 6.49. The first-order valence-corrected chi connectivity index (χ1v) is 11.2. The van der Waals surface area contributed by atoms with Crippen molar-refractivity contribution in [2.75, 3.05) is 18.4 Å². The number of hydrogen-bond acceptors (Lipinski definition) is 6. The molecule has 0 unspecified atom stereocenters. The fraction of sp³-hybridized carbons (Fsp3) is 0.333. The Labute approximate surface area is 161 Å². The lowest BCUT2D eigenvalue weighted by atomic mass is 10.2. The van der Waals surface area contributed by atoms with E-state index in [-0.39, 0.29) is 10.5 Å². The van der Waals surface area contributed by atoms with Gasteiger partial charge >= 0.3 is 0 Å². The molecule has 1 aliphatic heterocycles. The molecular weight excluding hydrogens is 384 g/mol. The molecule has 3 aromatic rings. The summed E-state index contributed by atoms with van der Waals surface area (Å²) in [6, 6.07) is 8.29. The number of nitrogens with one attached hydrogen (secondary N) is 1. The van der Waals surface area contributed by atoms with Gasteiger partial charge in [-0.2, -0.15) is 4.31 Å². The summed E-state index contributed by atoms with van der Waals surface area (Å²) in [5, 5.41) is 4.99. The van der Waals surface area contributed by atoms with E-state index in [1.807, 2.05) is 11.4 Å². The summed E-state index contributed by atoms with van der Waals surface area (Å²) in [5.41, 5.74) is 1.17. The molecule has 0 radical (unpaired) electrons. The van der Waals surface area contributed by atoms with E-state index in [0.717, 1.165) is 19.3 Å². The number of thiazole rings is 1. The van der Waals surface area contributed by atoms with Crippen molar-refractivity contribution >= 4 is 32.0 Å². The molecule has 142 valence electrons. The standard InChI is InChI=1S/C18H20N4O3S2/c23-17-12-15(20-18-22(17)9-10-26-18)13-19-14-5-4-6-16(11-14)27(24,25)21-7-2-1-3-8-21/h4-6,9-12,19H,1-3,7-8,13H2. The predicted octanol–water partition coefficient (Wildman–Crippen LogP) is 2.54. The molecule has 0 bridgehead atoms. The largest absolute Gasteiger partial charge is 0.379 e. The molecule has 1 fully saturated rings. The third-order valence-corrected chi connectivity index (χ3v) is 7.27. The van der Waals surface area contributed by atoms with Gasteiger partial charge in [0.15, 0.2) is 4.96 Å².